The predicted molar refractivity (Wildman–Crippen MR) is 80.5 cm³/mol. The van der Waals surface area contributed by atoms with Gasteiger partial charge in [-0.3, -0.25) is 4.79 Å². The van der Waals surface area contributed by atoms with Crippen molar-refractivity contribution >= 4 is 6.41 Å². The number of hydrogen-bond donors (Lipinski definition) is 0. The van der Waals surface area contributed by atoms with Gasteiger partial charge >= 0.3 is 0 Å². The second-order valence-corrected chi connectivity index (χ2v) is 5.49. The Labute approximate surface area is 120 Å². The lowest BCUT2D eigenvalue weighted by Crippen LogP contribution is -2.43. The van der Waals surface area contributed by atoms with Gasteiger partial charge in [0.2, 0.25) is 6.41 Å². The summed E-state index contributed by atoms with van der Waals surface area (Å²) in [6.07, 6.45) is 0.987. The quantitative estimate of drug-likeness (QED) is 0.757. The minimum absolute atomic E-state index is 0.138. The highest BCUT2D eigenvalue weighted by molar-refractivity contribution is 5.54. The molecule has 0 aromatic heterocycles. The zero-order valence-electron chi connectivity index (χ0n) is 11.9. The molecule has 1 amide bonds. The van der Waals surface area contributed by atoms with Crippen molar-refractivity contribution in [2.24, 2.45) is 0 Å². The van der Waals surface area contributed by atoms with Gasteiger partial charge in [-0.1, -0.05) is 54.6 Å². The Hall–Kier alpha value is -2.09. The first-order valence-electron chi connectivity index (χ1n) is 7.10. The van der Waals surface area contributed by atoms with Gasteiger partial charge in [-0.05, 0) is 30.5 Å². The lowest BCUT2D eigenvalue weighted by atomic mass is 9.77. The van der Waals surface area contributed by atoms with Crippen molar-refractivity contribution in [1.82, 2.24) is 4.90 Å². The van der Waals surface area contributed by atoms with Gasteiger partial charge in [0.1, 0.15) is 0 Å². The van der Waals surface area contributed by atoms with E-state index in [2.05, 4.69) is 62.4 Å². The molecular weight excluding hydrogens is 246 g/mol. The highest BCUT2D eigenvalue weighted by Gasteiger charge is 2.36. The first-order valence-corrected chi connectivity index (χ1v) is 7.10. The molecule has 0 N–H and O–H groups in total. The van der Waals surface area contributed by atoms with Gasteiger partial charge in [0.15, 0.2) is 0 Å². The van der Waals surface area contributed by atoms with Crippen LogP contribution in [0.1, 0.15) is 42.5 Å². The minimum Gasteiger partial charge on any atom is -0.335 e. The molecule has 102 valence electrons. The first kappa shape index (κ1) is 12.9. The van der Waals surface area contributed by atoms with E-state index in [1.54, 1.807) is 0 Å². The van der Waals surface area contributed by atoms with Crippen molar-refractivity contribution in [2.45, 2.75) is 31.8 Å². The summed E-state index contributed by atoms with van der Waals surface area (Å²) in [7, 11) is 0. The Bertz CT molecular complexity index is 608. The summed E-state index contributed by atoms with van der Waals surface area (Å²) in [4.78, 5) is 13.4. The molecule has 2 heteroatoms. The number of rotatable bonds is 2. The Morgan fingerprint density at radius 3 is 2.15 bits per heavy atom. The Kier molecular flexibility index (Phi) is 3.31. The van der Waals surface area contributed by atoms with Crippen molar-refractivity contribution in [3.05, 3.63) is 71.3 Å². The van der Waals surface area contributed by atoms with Crippen LogP contribution in [0.15, 0.2) is 54.6 Å². The second-order valence-electron chi connectivity index (χ2n) is 5.49. The standard InChI is InChI=1S/C18H19NO/c1-13-16-10-6-7-11-17(16)18(14(2)19(13)12-20)15-8-4-3-5-9-15/h3-14,18H,1-2H3/t13-,14-,18?/m1/s1. The van der Waals surface area contributed by atoms with Crippen LogP contribution in [-0.4, -0.2) is 17.4 Å². The predicted octanol–water partition coefficient (Wildman–Crippen LogP) is 3.74. The topological polar surface area (TPSA) is 20.3 Å². The van der Waals surface area contributed by atoms with Gasteiger partial charge in [-0.2, -0.15) is 0 Å². The number of fused-ring (bicyclic) bond motifs is 1. The van der Waals surface area contributed by atoms with E-state index in [9.17, 15) is 4.79 Å². The number of benzene rings is 2. The van der Waals surface area contributed by atoms with E-state index in [-0.39, 0.29) is 18.0 Å². The van der Waals surface area contributed by atoms with E-state index in [0.717, 1.165) is 6.41 Å². The summed E-state index contributed by atoms with van der Waals surface area (Å²) in [5.74, 6) is 0.244. The van der Waals surface area contributed by atoms with Crippen molar-refractivity contribution in [3.63, 3.8) is 0 Å². The fraction of sp³-hybridized carbons (Fsp3) is 0.278. The number of hydrogen-bond acceptors (Lipinski definition) is 1. The van der Waals surface area contributed by atoms with Gasteiger partial charge in [0.05, 0.1) is 6.04 Å². The molecule has 0 saturated carbocycles. The van der Waals surface area contributed by atoms with E-state index >= 15 is 0 Å². The molecule has 0 aliphatic carbocycles. The molecule has 1 aliphatic rings. The summed E-state index contributed by atoms with van der Waals surface area (Å²) < 4.78 is 0. The Morgan fingerprint density at radius 1 is 0.900 bits per heavy atom. The van der Waals surface area contributed by atoms with Gasteiger partial charge < -0.3 is 4.90 Å². The monoisotopic (exact) mass is 265 g/mol. The highest BCUT2D eigenvalue weighted by atomic mass is 16.1. The van der Waals surface area contributed by atoms with Crippen molar-refractivity contribution < 1.29 is 4.79 Å². The van der Waals surface area contributed by atoms with E-state index in [1.807, 2.05) is 11.0 Å². The molecule has 3 rings (SSSR count). The van der Waals surface area contributed by atoms with Crippen LogP contribution in [0.25, 0.3) is 0 Å². The molecule has 3 atom stereocenters. The van der Waals surface area contributed by atoms with Crippen LogP contribution in [-0.2, 0) is 4.79 Å². The first-order chi connectivity index (χ1) is 9.74. The average molecular weight is 265 g/mol. The summed E-state index contributed by atoms with van der Waals surface area (Å²) in [6.45, 7) is 4.24. The van der Waals surface area contributed by atoms with Crippen molar-refractivity contribution in [3.8, 4) is 0 Å². The SMILES string of the molecule is C[C@@H]1c2ccccc2C(c2ccccc2)[C@@H](C)N1C=O. The molecule has 0 bridgehead atoms. The maximum atomic E-state index is 11.5. The van der Waals surface area contributed by atoms with Crippen LogP contribution < -0.4 is 0 Å². The number of amides is 1. The molecule has 20 heavy (non-hydrogen) atoms. The molecule has 1 unspecified atom stereocenters. The maximum absolute atomic E-state index is 11.5. The number of carbonyl (C=O) groups excluding carboxylic acids is 1. The molecule has 2 aromatic carbocycles. The lowest BCUT2D eigenvalue weighted by Gasteiger charge is -2.43. The third-order valence-corrected chi connectivity index (χ3v) is 4.46. The summed E-state index contributed by atoms with van der Waals surface area (Å²) >= 11 is 0. The van der Waals surface area contributed by atoms with Crippen LogP contribution in [0.5, 0.6) is 0 Å². The van der Waals surface area contributed by atoms with E-state index in [1.165, 1.54) is 16.7 Å². The molecule has 0 saturated heterocycles. The lowest BCUT2D eigenvalue weighted by molar-refractivity contribution is -0.123. The fourth-order valence-electron chi connectivity index (χ4n) is 3.43. The van der Waals surface area contributed by atoms with Crippen molar-refractivity contribution in [1.29, 1.82) is 0 Å². The Morgan fingerprint density at radius 2 is 1.50 bits per heavy atom. The zero-order valence-corrected chi connectivity index (χ0v) is 11.9. The number of carbonyl (C=O) groups is 1. The van der Waals surface area contributed by atoms with E-state index < -0.39 is 0 Å². The molecule has 0 spiro atoms. The number of nitrogens with zero attached hydrogens (tertiary/aromatic N) is 1. The summed E-state index contributed by atoms with van der Waals surface area (Å²) in [5.41, 5.74) is 3.87. The maximum Gasteiger partial charge on any atom is 0.210 e. The molecule has 1 heterocycles. The summed E-state index contributed by atoms with van der Waals surface area (Å²) in [5, 5.41) is 0. The zero-order chi connectivity index (χ0) is 14.1. The van der Waals surface area contributed by atoms with Crippen LogP contribution in [0.3, 0.4) is 0 Å². The summed E-state index contributed by atoms with van der Waals surface area (Å²) in [6, 6.07) is 19.2. The van der Waals surface area contributed by atoms with Gasteiger partial charge in [0, 0.05) is 12.0 Å². The molecule has 2 aromatic rings. The van der Waals surface area contributed by atoms with Gasteiger partial charge in [-0.15, -0.1) is 0 Å². The normalized spacial score (nSPS) is 25.1. The largest absolute Gasteiger partial charge is 0.335 e. The van der Waals surface area contributed by atoms with Crippen LogP contribution in [0.2, 0.25) is 0 Å². The van der Waals surface area contributed by atoms with E-state index in [0.29, 0.717) is 0 Å². The minimum atomic E-state index is 0.138. The third kappa shape index (κ3) is 1.92. The average Bonchev–Trinajstić information content (AvgIpc) is 2.49. The molecule has 1 aliphatic heterocycles. The van der Waals surface area contributed by atoms with Crippen LogP contribution >= 0.6 is 0 Å². The van der Waals surface area contributed by atoms with Gasteiger partial charge in [0.25, 0.3) is 0 Å². The molecule has 0 fully saturated rings. The molecule has 0 radical (unpaired) electrons. The van der Waals surface area contributed by atoms with E-state index in [4.69, 9.17) is 0 Å². The van der Waals surface area contributed by atoms with Crippen molar-refractivity contribution in [2.75, 3.05) is 0 Å². The second kappa shape index (κ2) is 5.12. The smallest absolute Gasteiger partial charge is 0.210 e. The fourth-order valence-corrected chi connectivity index (χ4v) is 3.43. The Balaban J connectivity index is 2.17. The third-order valence-electron chi connectivity index (χ3n) is 4.46. The van der Waals surface area contributed by atoms with Gasteiger partial charge in [-0.25, -0.2) is 0 Å². The van der Waals surface area contributed by atoms with Crippen LogP contribution in [0, 0.1) is 0 Å². The van der Waals surface area contributed by atoms with Crippen LogP contribution in [0.4, 0.5) is 0 Å². The molecule has 2 nitrogen and oxygen atoms in total. The highest BCUT2D eigenvalue weighted by Crippen LogP contribution is 2.42. The molecular formula is C18H19NO.